The molecule has 1 aromatic heterocycles. The minimum Gasteiger partial charge on any atom is -0.338 e. The zero-order valence-electron chi connectivity index (χ0n) is 40.9. The third kappa shape index (κ3) is 33.8. The summed E-state index contributed by atoms with van der Waals surface area (Å²) in [6.07, 6.45) is 27.5. The van der Waals surface area contributed by atoms with E-state index in [4.69, 9.17) is 0 Å². The summed E-state index contributed by atoms with van der Waals surface area (Å²) in [7, 11) is 0. The van der Waals surface area contributed by atoms with Gasteiger partial charge in [0.2, 0.25) is 36.5 Å². The second-order valence-electron chi connectivity index (χ2n) is 16.2. The van der Waals surface area contributed by atoms with E-state index in [-0.39, 0.29) is 19.6 Å². The van der Waals surface area contributed by atoms with Gasteiger partial charge in [-0.2, -0.15) is 0 Å². The van der Waals surface area contributed by atoms with Gasteiger partial charge in [-0.3, -0.25) is 0 Å². The van der Waals surface area contributed by atoms with Gasteiger partial charge in [-0.25, -0.2) is 101 Å². The molecule has 0 aliphatic heterocycles. The van der Waals surface area contributed by atoms with E-state index < -0.39 is 29.1 Å². The summed E-state index contributed by atoms with van der Waals surface area (Å²) in [5.41, 5.74) is -1.78. The highest BCUT2D eigenvalue weighted by atomic mass is 16.2. The van der Waals surface area contributed by atoms with Crippen LogP contribution in [0.1, 0.15) is 154 Å². The van der Waals surface area contributed by atoms with Crippen molar-refractivity contribution in [2.24, 2.45) is 30.0 Å². The van der Waals surface area contributed by atoms with E-state index in [2.05, 4.69) is 40.6 Å². The molecule has 0 aliphatic carbocycles. The number of rotatable bonds is 42. The number of urea groups is 2. The highest BCUT2D eigenvalue weighted by Crippen LogP contribution is 2.07. The molecule has 1 heterocycles. The average Bonchev–Trinajstić information content (AvgIpc) is 3.35. The molecule has 1 aromatic rings. The standard InChI is InChI=1S/C24H36N6O6.C23H38N6O5/c31-19-25-13-7-1-4-10-16-28-22(34)29(17-11-5-2-8-14-26-20-32)24(36)30(23(28)35)18-12-6-3-9-15-27-21-33;30-19-24-13-7-1-3-10-16-27-22(33)29(18-12-6-5-9-15-26-21-32)23(34)28-17-11-4-2-8-14-25-20-31/h1-18H2;1-18H2,(H,27,33)(H,28,34). The van der Waals surface area contributed by atoms with Crippen LogP contribution in [-0.2, 0) is 48.4 Å². The van der Waals surface area contributed by atoms with Gasteiger partial charge in [0.05, 0.1) is 39.3 Å². The largest absolute Gasteiger partial charge is 0.338 e. The highest BCUT2D eigenvalue weighted by molar-refractivity contribution is 5.93. The minimum atomic E-state index is -0.593. The van der Waals surface area contributed by atoms with Crippen LogP contribution in [0.5, 0.6) is 0 Å². The van der Waals surface area contributed by atoms with E-state index in [1.807, 2.05) is 0 Å². The van der Waals surface area contributed by atoms with Crippen LogP contribution in [0, 0.1) is 0 Å². The quantitative estimate of drug-likeness (QED) is 0.0484. The molecule has 70 heavy (non-hydrogen) atoms. The van der Waals surface area contributed by atoms with Crippen molar-refractivity contribution in [1.29, 1.82) is 0 Å². The topological polar surface area (TPSA) is 304 Å². The van der Waals surface area contributed by atoms with Crippen molar-refractivity contribution in [2.75, 3.05) is 58.9 Å². The fourth-order valence-electron chi connectivity index (χ4n) is 7.00. The fourth-order valence-corrected chi connectivity index (χ4v) is 7.00. The van der Waals surface area contributed by atoms with Gasteiger partial charge in [0.1, 0.15) is 0 Å². The Labute approximate surface area is 409 Å². The van der Waals surface area contributed by atoms with Gasteiger partial charge in [-0.05, 0) is 77.0 Å². The van der Waals surface area contributed by atoms with Crippen LogP contribution in [0.25, 0.3) is 0 Å². The molecule has 0 aliphatic rings. The maximum absolute atomic E-state index is 13.0. The first-order chi connectivity index (χ1) is 34.2. The van der Waals surface area contributed by atoms with E-state index >= 15 is 0 Å². The van der Waals surface area contributed by atoms with Gasteiger partial charge >= 0.3 is 29.1 Å². The van der Waals surface area contributed by atoms with Crippen LogP contribution in [0.4, 0.5) is 9.59 Å². The lowest BCUT2D eigenvalue weighted by atomic mass is 10.2. The number of amides is 4. The van der Waals surface area contributed by atoms with Crippen molar-refractivity contribution in [3.8, 4) is 0 Å². The summed E-state index contributed by atoms with van der Waals surface area (Å²) < 4.78 is 3.42. The molecule has 0 saturated heterocycles. The number of hydrogen-bond donors (Lipinski definition) is 2. The number of aliphatic imine (C=N–C) groups is 6. The number of aromatic nitrogens is 3. The first-order valence-corrected chi connectivity index (χ1v) is 24.7. The number of nitrogens with zero attached hydrogens (tertiary/aromatic N) is 10. The lowest BCUT2D eigenvalue weighted by Crippen LogP contribution is -2.54. The normalized spacial score (nSPS) is 10.1. The van der Waals surface area contributed by atoms with E-state index in [0.717, 1.165) is 142 Å². The molecular formula is C47H74N12O11. The summed E-state index contributed by atoms with van der Waals surface area (Å²) in [6.45, 7) is 4.47. The van der Waals surface area contributed by atoms with Gasteiger partial charge in [0, 0.05) is 39.3 Å². The zero-order chi connectivity index (χ0) is 51.6. The molecule has 0 bridgehead atoms. The van der Waals surface area contributed by atoms with Gasteiger partial charge in [0.25, 0.3) is 0 Å². The van der Waals surface area contributed by atoms with E-state index in [1.165, 1.54) is 41.4 Å². The smallest absolute Gasteiger partial charge is 0.336 e. The SMILES string of the molecule is O=C=NCCCCCCNC(=O)N(CCCCCCN=C=O)C(=O)NCCCCCCN=C=O.O=C=NCCCCCCn1c(=O)n(CCCCCCN=C=O)c(=O)n(CCCCCCN=C=O)c1=O. The average molecular weight is 983 g/mol. The van der Waals surface area contributed by atoms with Crippen molar-refractivity contribution in [3.05, 3.63) is 31.5 Å². The Morgan fingerprint density at radius 3 is 0.829 bits per heavy atom. The molecule has 0 saturated carbocycles. The maximum Gasteiger partial charge on any atom is 0.336 e. The number of carbonyl (C=O) groups is 2. The van der Waals surface area contributed by atoms with Crippen molar-refractivity contribution in [3.63, 3.8) is 0 Å². The third-order valence-corrected chi connectivity index (χ3v) is 10.8. The van der Waals surface area contributed by atoms with Crippen molar-refractivity contribution in [1.82, 2.24) is 29.2 Å². The van der Waals surface area contributed by atoms with Gasteiger partial charge in [-0.15, -0.1) is 0 Å². The zero-order valence-corrected chi connectivity index (χ0v) is 40.9. The van der Waals surface area contributed by atoms with Gasteiger partial charge < -0.3 is 10.6 Å². The number of carbonyl (C=O) groups excluding carboxylic acids is 8. The van der Waals surface area contributed by atoms with Crippen molar-refractivity contribution in [2.45, 2.75) is 174 Å². The van der Waals surface area contributed by atoms with Crippen LogP contribution in [0.3, 0.4) is 0 Å². The Balaban J connectivity index is 0.00000136. The molecule has 0 fully saturated rings. The molecule has 23 nitrogen and oxygen atoms in total. The third-order valence-electron chi connectivity index (χ3n) is 10.8. The number of isocyanates is 6. The van der Waals surface area contributed by atoms with Gasteiger partial charge in [0.15, 0.2) is 0 Å². The number of hydrogen-bond acceptors (Lipinski definition) is 17. The molecule has 0 unspecified atom stereocenters. The Morgan fingerprint density at radius 1 is 0.343 bits per heavy atom. The fraction of sp³-hybridized carbons (Fsp3) is 0.766. The monoisotopic (exact) mass is 983 g/mol. The van der Waals surface area contributed by atoms with Crippen LogP contribution in [-0.4, -0.2) is 126 Å². The first kappa shape index (κ1) is 63.4. The Hall–Kier alpha value is -6.57. The van der Waals surface area contributed by atoms with Crippen LogP contribution in [0.15, 0.2) is 44.3 Å². The highest BCUT2D eigenvalue weighted by Gasteiger charge is 2.20. The summed E-state index contributed by atoms with van der Waals surface area (Å²) in [6, 6.07) is -0.833. The molecule has 0 spiro atoms. The number of unbranched alkanes of at least 4 members (excludes halogenated alkanes) is 18. The minimum absolute atomic E-state index is 0.211. The molecule has 0 aromatic carbocycles. The van der Waals surface area contributed by atoms with Crippen molar-refractivity contribution >= 4 is 48.5 Å². The number of nitrogens with one attached hydrogen (secondary N) is 2. The number of imide groups is 1. The molecule has 388 valence electrons. The lowest BCUT2D eigenvalue weighted by Gasteiger charge is -2.22. The Kier molecular flexibility index (Phi) is 43.0. The lowest BCUT2D eigenvalue weighted by molar-refractivity contribution is 0.184. The molecule has 2 N–H and O–H groups in total. The first-order valence-electron chi connectivity index (χ1n) is 24.7. The predicted octanol–water partition coefficient (Wildman–Crippen LogP) is 5.26. The Morgan fingerprint density at radius 2 is 0.571 bits per heavy atom. The van der Waals surface area contributed by atoms with Gasteiger partial charge in [-0.1, -0.05) is 77.0 Å². The molecule has 4 amide bonds. The summed E-state index contributed by atoms with van der Waals surface area (Å²) in [4.78, 5) is 147. The van der Waals surface area contributed by atoms with Crippen molar-refractivity contribution < 1.29 is 38.4 Å². The van der Waals surface area contributed by atoms with E-state index in [0.29, 0.717) is 84.6 Å². The molecule has 0 atom stereocenters. The van der Waals surface area contributed by atoms with Crippen LogP contribution in [0.2, 0.25) is 0 Å². The predicted molar refractivity (Wildman–Crippen MR) is 261 cm³/mol. The van der Waals surface area contributed by atoms with Crippen LogP contribution >= 0.6 is 0 Å². The Bertz CT molecular complexity index is 1870. The molecule has 23 heteroatoms. The summed E-state index contributed by atoms with van der Waals surface area (Å²) in [5, 5.41) is 5.61. The summed E-state index contributed by atoms with van der Waals surface area (Å²) in [5.74, 6) is 0. The molecule has 0 radical (unpaired) electrons. The second-order valence-corrected chi connectivity index (χ2v) is 16.2. The van der Waals surface area contributed by atoms with E-state index in [9.17, 15) is 52.7 Å². The molecule has 1 rings (SSSR count). The van der Waals surface area contributed by atoms with Crippen LogP contribution < -0.4 is 27.7 Å². The maximum atomic E-state index is 13.0. The van der Waals surface area contributed by atoms with E-state index in [1.54, 1.807) is 0 Å². The molecular weight excluding hydrogens is 909 g/mol. The second kappa shape index (κ2) is 47.5. The summed E-state index contributed by atoms with van der Waals surface area (Å²) >= 11 is 0.